The summed E-state index contributed by atoms with van der Waals surface area (Å²) in [6.45, 7) is 0. The summed E-state index contributed by atoms with van der Waals surface area (Å²) >= 11 is 0. The van der Waals surface area contributed by atoms with Crippen molar-refractivity contribution in [1.29, 1.82) is 0 Å². The fraction of sp³-hybridized carbons (Fsp3) is 0. The van der Waals surface area contributed by atoms with Gasteiger partial charge >= 0.3 is 0 Å². The Hall–Kier alpha value is 9.94. The largest absolute Gasteiger partial charge is 0 e. The Bertz CT molecular complexity index is 0. The van der Waals surface area contributed by atoms with Gasteiger partial charge in [0.2, 0.25) is 0 Å². The van der Waals surface area contributed by atoms with Crippen molar-refractivity contribution in [3.05, 3.63) is 0 Å². The van der Waals surface area contributed by atoms with Crippen LogP contribution < -0.4 is 0 Å². The van der Waals surface area contributed by atoms with Crippen molar-refractivity contribution in [2.45, 2.75) is 0 Å². The van der Waals surface area contributed by atoms with E-state index in [4.69, 9.17) is 0 Å². The average Bonchev–Trinajstić information content (AvgIpc) is 0. The van der Waals surface area contributed by atoms with Gasteiger partial charge in [-0.25, -0.2) is 0 Å². The van der Waals surface area contributed by atoms with E-state index in [0.29, 0.717) is 0 Å². The van der Waals surface area contributed by atoms with Gasteiger partial charge in [0.05, 0.1) is 0 Å². The van der Waals surface area contributed by atoms with Crippen LogP contribution in [0.2, 0.25) is 0 Å². The van der Waals surface area contributed by atoms with Crippen molar-refractivity contribution in [3.8, 4) is 0 Å². The first-order chi connectivity index (χ1) is 0. The topological polar surface area (TPSA) is 0 Å². The van der Waals surface area contributed by atoms with E-state index in [1.807, 2.05) is 0 Å². The number of rotatable bonds is 0. The predicted octanol–water partition coefficient (Wildman–Crippen LogP) is -0.0225. The summed E-state index contributed by atoms with van der Waals surface area (Å²) < 4.78 is 0. The van der Waals surface area contributed by atoms with Crippen molar-refractivity contribution in [2.24, 2.45) is 0 Å². The summed E-state index contributed by atoms with van der Waals surface area (Å²) in [5.41, 5.74) is 0. The minimum absolute atomic E-state index is 0. The van der Waals surface area contributed by atoms with Crippen molar-refractivity contribution in [3.63, 3.8) is 0 Å². The zero-order valence-corrected chi connectivity index (χ0v) is 30.7. The molecule has 0 aromatic rings. The Labute approximate surface area is 284 Å². The molecule has 0 unspecified atom stereocenters. The molecule has 0 aliphatic carbocycles. The van der Waals surface area contributed by atoms with Crippen molar-refractivity contribution in [1.82, 2.24) is 0 Å². The van der Waals surface area contributed by atoms with Gasteiger partial charge in [0.15, 0.2) is 0 Å². The fourth-order valence-corrected chi connectivity index (χ4v) is 0. The molecule has 9 radical (unpaired) electrons. The minimum Gasteiger partial charge on any atom is 0 e. The van der Waals surface area contributed by atoms with Crippen LogP contribution in [0.15, 0.2) is 0 Å². The van der Waals surface area contributed by atoms with E-state index < -0.39 is 0 Å². The Kier molecular flexibility index (Phi) is 357. The molecule has 9 heavy (non-hydrogen) atoms. The van der Waals surface area contributed by atoms with Crippen LogP contribution in [0.1, 0.15) is 0 Å². The van der Waals surface area contributed by atoms with E-state index in [1.54, 1.807) is 0 Å². The summed E-state index contributed by atoms with van der Waals surface area (Å²) in [4.78, 5) is 0. The van der Waals surface area contributed by atoms with Crippen LogP contribution in [0.3, 0.4) is 0 Å². The van der Waals surface area contributed by atoms with E-state index in [2.05, 4.69) is 0 Å². The van der Waals surface area contributed by atoms with Gasteiger partial charge in [0, 0.05) is 294 Å². The second-order valence-corrected chi connectivity index (χ2v) is 0. The normalized spacial score (nSPS) is 0. The molecule has 0 spiro atoms. The van der Waals surface area contributed by atoms with Crippen LogP contribution >= 0.6 is 0 Å². The molecular weight excluding hydrogens is 800 g/mol. The first-order valence-electron chi connectivity index (χ1n) is 0. The van der Waals surface area contributed by atoms with Crippen LogP contribution in [-0.4, -0.2) is 0 Å². The Morgan fingerprint density at radius 2 is 0.111 bits per heavy atom. The fourth-order valence-electron chi connectivity index (χ4n) is 0. The first-order valence-corrected chi connectivity index (χ1v) is 0. The maximum absolute atomic E-state index is 0. The minimum atomic E-state index is 0. The summed E-state index contributed by atoms with van der Waals surface area (Å²) in [5, 5.41) is 0. The summed E-state index contributed by atoms with van der Waals surface area (Å²) in [6, 6.07) is 0. The molecule has 0 nitrogen and oxygen atoms in total. The van der Waals surface area contributed by atoms with Gasteiger partial charge in [-0.15, -0.1) is 0 Å². The second-order valence-electron chi connectivity index (χ2n) is 0. The molecule has 0 aromatic heterocycles. The van der Waals surface area contributed by atoms with Gasteiger partial charge in [0.25, 0.3) is 0 Å². The first kappa shape index (κ1) is 61.7. The Balaban J connectivity index is 0. The monoisotopic (exact) mass is 800 g/mol. The van der Waals surface area contributed by atoms with E-state index in [1.165, 1.54) is 0 Å². The van der Waals surface area contributed by atoms with E-state index in [0.717, 1.165) is 0 Å². The number of hydrogen-bond acceptors (Lipinski definition) is 0. The zero-order chi connectivity index (χ0) is 0. The predicted molar refractivity (Wildman–Crippen MR) is 0 cm³/mol. The molecule has 0 aromatic carbocycles. The second kappa shape index (κ2) is 52.1. The third kappa shape index (κ3) is 46.1. The molecule has 0 bridgehead atoms. The maximum Gasteiger partial charge on any atom is 0 e. The van der Waals surface area contributed by atoms with Gasteiger partial charge in [-0.2, -0.15) is 0 Å². The molecular formula is Y9. The van der Waals surface area contributed by atoms with E-state index in [9.17, 15) is 0 Å². The molecule has 0 aliphatic heterocycles. The maximum atomic E-state index is 0. The molecule has 0 fully saturated rings. The van der Waals surface area contributed by atoms with Crippen molar-refractivity contribution < 1.29 is 294 Å². The van der Waals surface area contributed by atoms with E-state index >= 15 is 0 Å². The summed E-state index contributed by atoms with van der Waals surface area (Å²) in [5.74, 6) is 0. The Morgan fingerprint density at radius 3 is 0.111 bits per heavy atom. The molecule has 0 heterocycles. The third-order valence-electron chi connectivity index (χ3n) is 0. The van der Waals surface area contributed by atoms with Crippen LogP contribution in [0.4, 0.5) is 0 Å². The van der Waals surface area contributed by atoms with Crippen LogP contribution in [0.5, 0.6) is 0 Å². The van der Waals surface area contributed by atoms with Crippen LogP contribution in [-0.2, 0) is 294 Å². The van der Waals surface area contributed by atoms with Crippen LogP contribution in [0, 0.1) is 0 Å². The zero-order valence-electron chi connectivity index (χ0n) is 5.20. The molecule has 0 amide bonds. The molecule has 0 rings (SSSR count). The molecule has 0 saturated carbocycles. The molecule has 0 aliphatic rings. The van der Waals surface area contributed by atoms with Gasteiger partial charge in [-0.3, -0.25) is 0 Å². The van der Waals surface area contributed by atoms with Crippen molar-refractivity contribution in [2.75, 3.05) is 0 Å². The number of hydrogen-bond donors (Lipinski definition) is 0. The quantitative estimate of drug-likeness (QED) is 0.324. The SMILES string of the molecule is [Y].[Y].[Y].[Y].[Y].[Y].[Y].[Y].[Y]. The van der Waals surface area contributed by atoms with Crippen molar-refractivity contribution >= 4 is 0 Å². The third-order valence-corrected chi connectivity index (χ3v) is 0. The molecule has 0 N–H and O–H groups in total. The van der Waals surface area contributed by atoms with Gasteiger partial charge in [-0.05, 0) is 0 Å². The smallest absolute Gasteiger partial charge is 0 e. The Morgan fingerprint density at radius 1 is 0.111 bits per heavy atom. The summed E-state index contributed by atoms with van der Waals surface area (Å²) in [7, 11) is 0. The van der Waals surface area contributed by atoms with Gasteiger partial charge in [0.1, 0.15) is 0 Å². The summed E-state index contributed by atoms with van der Waals surface area (Å²) in [6.07, 6.45) is 0. The molecule has 9 heteroatoms. The van der Waals surface area contributed by atoms with Gasteiger partial charge < -0.3 is 0 Å². The average molecular weight is 800 g/mol. The molecule has 0 atom stereocenters. The van der Waals surface area contributed by atoms with Gasteiger partial charge in [-0.1, -0.05) is 0 Å². The van der Waals surface area contributed by atoms with Crippen LogP contribution in [0.25, 0.3) is 0 Å². The molecule has 0 saturated heterocycles. The van der Waals surface area contributed by atoms with E-state index in [-0.39, 0.29) is 294 Å². The standard InChI is InChI=1S/9Y. The molecule has 27 valence electrons.